The fourth-order valence-electron chi connectivity index (χ4n) is 13.4. The van der Waals surface area contributed by atoms with Crippen LogP contribution in [0.1, 0.15) is 50.1 Å². The number of ether oxygens (including phenoxy) is 2. The Morgan fingerprint density at radius 1 is 0.360 bits per heavy atom. The van der Waals surface area contributed by atoms with Crippen molar-refractivity contribution in [2.24, 2.45) is 0 Å². The highest BCUT2D eigenvalue weighted by molar-refractivity contribution is 5.95. The summed E-state index contributed by atoms with van der Waals surface area (Å²) in [5.74, 6) is 4.11. The fraction of sp³-hybridized carbons (Fsp3) is 0.0286. The Morgan fingerprint density at radius 3 is 1.43 bits per heavy atom. The van der Waals surface area contributed by atoms with Gasteiger partial charge in [0.15, 0.2) is 0 Å². The van der Waals surface area contributed by atoms with Gasteiger partial charge in [-0.25, -0.2) is 4.98 Å². The van der Waals surface area contributed by atoms with E-state index in [0.29, 0.717) is 5.56 Å². The van der Waals surface area contributed by atoms with Gasteiger partial charge in [0.1, 0.15) is 28.8 Å². The lowest BCUT2D eigenvalue weighted by molar-refractivity contribution is 0.437. The van der Waals surface area contributed by atoms with Gasteiger partial charge in [0.2, 0.25) is 0 Å². The van der Waals surface area contributed by atoms with Crippen LogP contribution in [0.15, 0.2) is 249 Å². The molecule has 0 saturated carbocycles. The van der Waals surface area contributed by atoms with Crippen LogP contribution in [0.4, 0.5) is 0 Å². The summed E-state index contributed by atoms with van der Waals surface area (Å²) in [7, 11) is 0. The van der Waals surface area contributed by atoms with Crippen molar-refractivity contribution in [3.63, 3.8) is 0 Å². The van der Waals surface area contributed by atoms with E-state index in [1.165, 1.54) is 44.5 Å². The SMILES string of the molecule is N#Cc1ccc(-c2cccc3c2Oc2ccccc2C32c3ccccc3-c3cc(-c4ccc5c(c4)nc(-c4cccc6c4Oc4ccccc4C64c6ccccc6-c6ccccc64)n5-c4ccccc4)ccc32)cc1. The molecule has 5 nitrogen and oxygen atoms in total. The molecule has 1 atom stereocenters. The molecule has 0 N–H and O–H groups in total. The Bertz CT molecular complexity index is 4400. The topological polar surface area (TPSA) is 60.1 Å². The van der Waals surface area contributed by atoms with Crippen molar-refractivity contribution in [1.29, 1.82) is 5.26 Å². The van der Waals surface area contributed by atoms with Gasteiger partial charge in [-0.2, -0.15) is 5.26 Å². The summed E-state index contributed by atoms with van der Waals surface area (Å²) in [6, 6.07) is 91.0. The second kappa shape index (κ2) is 15.5. The number of imidazole rings is 1. The molecule has 1 unspecified atom stereocenters. The van der Waals surface area contributed by atoms with Crippen molar-refractivity contribution in [1.82, 2.24) is 9.55 Å². The molecule has 3 heterocycles. The Hall–Kier alpha value is -10.0. The molecule has 11 aromatic carbocycles. The molecule has 75 heavy (non-hydrogen) atoms. The number of rotatable bonds is 4. The van der Waals surface area contributed by atoms with Crippen molar-refractivity contribution in [2.45, 2.75) is 10.8 Å². The van der Waals surface area contributed by atoms with E-state index in [1.54, 1.807) is 0 Å². The van der Waals surface area contributed by atoms with E-state index in [2.05, 4.69) is 235 Å². The van der Waals surface area contributed by atoms with Crippen LogP contribution in [0.3, 0.4) is 0 Å². The largest absolute Gasteiger partial charge is 0.456 e. The maximum absolute atomic E-state index is 9.62. The minimum Gasteiger partial charge on any atom is -0.456 e. The van der Waals surface area contributed by atoms with Gasteiger partial charge in [-0.3, -0.25) is 4.57 Å². The van der Waals surface area contributed by atoms with Gasteiger partial charge in [-0.05, 0) is 122 Å². The van der Waals surface area contributed by atoms with E-state index < -0.39 is 10.8 Å². The zero-order valence-corrected chi connectivity index (χ0v) is 40.3. The number of benzene rings is 11. The van der Waals surface area contributed by atoms with Gasteiger partial charge in [-0.1, -0.05) is 188 Å². The molecule has 12 aromatic rings. The molecular weight excluding hydrogens is 915 g/mol. The molecule has 2 aliphatic carbocycles. The van der Waals surface area contributed by atoms with Crippen LogP contribution in [0.5, 0.6) is 23.0 Å². The zero-order valence-electron chi connectivity index (χ0n) is 40.3. The number of aromatic nitrogens is 2. The summed E-state index contributed by atoms with van der Waals surface area (Å²) in [6.45, 7) is 0. The van der Waals surface area contributed by atoms with Crippen LogP contribution < -0.4 is 9.47 Å². The molecular formula is C70H41N3O2. The molecule has 5 heteroatoms. The first-order chi connectivity index (χ1) is 37.1. The van der Waals surface area contributed by atoms with Crippen molar-refractivity contribution in [2.75, 3.05) is 0 Å². The Kier molecular flexibility index (Phi) is 8.59. The first-order valence-electron chi connectivity index (χ1n) is 25.5. The first-order valence-corrected chi connectivity index (χ1v) is 25.5. The molecule has 1 aromatic heterocycles. The Labute approximate surface area is 433 Å². The lowest BCUT2D eigenvalue weighted by Crippen LogP contribution is -2.32. The zero-order chi connectivity index (χ0) is 49.4. The van der Waals surface area contributed by atoms with Crippen LogP contribution in [0.25, 0.3) is 72.6 Å². The summed E-state index contributed by atoms with van der Waals surface area (Å²) in [6.07, 6.45) is 0. The number of nitriles is 1. The molecule has 2 spiro atoms. The van der Waals surface area contributed by atoms with E-state index in [1.807, 2.05) is 24.3 Å². The van der Waals surface area contributed by atoms with Gasteiger partial charge < -0.3 is 9.47 Å². The maximum atomic E-state index is 9.62. The smallest absolute Gasteiger partial charge is 0.149 e. The minimum absolute atomic E-state index is 0.600. The third kappa shape index (κ3) is 5.52. The average Bonchev–Trinajstić information content (AvgIpc) is 4.19. The molecule has 2 aliphatic heterocycles. The molecule has 348 valence electrons. The highest BCUT2D eigenvalue weighted by atomic mass is 16.5. The molecule has 4 aliphatic rings. The highest BCUT2D eigenvalue weighted by Gasteiger charge is 2.53. The molecule has 0 bridgehead atoms. The number of nitrogens with zero attached hydrogens (tertiary/aromatic N) is 3. The molecule has 0 saturated heterocycles. The van der Waals surface area contributed by atoms with E-state index >= 15 is 0 Å². The third-order valence-corrected chi connectivity index (χ3v) is 16.4. The molecule has 0 radical (unpaired) electrons. The summed E-state index contributed by atoms with van der Waals surface area (Å²) in [5, 5.41) is 9.62. The van der Waals surface area contributed by atoms with E-state index in [9.17, 15) is 5.26 Å². The molecule has 16 rings (SSSR count). The van der Waals surface area contributed by atoms with Gasteiger partial charge in [0.05, 0.1) is 39.1 Å². The van der Waals surface area contributed by atoms with Gasteiger partial charge in [0, 0.05) is 33.5 Å². The maximum Gasteiger partial charge on any atom is 0.149 e. The number of hydrogen-bond acceptors (Lipinski definition) is 4. The second-order valence-electron chi connectivity index (χ2n) is 20.0. The Balaban J connectivity index is 0.882. The van der Waals surface area contributed by atoms with Crippen LogP contribution in [-0.2, 0) is 10.8 Å². The normalized spacial score (nSPS) is 15.3. The molecule has 0 fully saturated rings. The summed E-state index contributed by atoms with van der Waals surface area (Å²) in [4.78, 5) is 5.64. The summed E-state index contributed by atoms with van der Waals surface area (Å²) in [5.41, 5.74) is 21.6. The lowest BCUT2D eigenvalue weighted by Gasteiger charge is -2.40. The van der Waals surface area contributed by atoms with E-state index in [-0.39, 0.29) is 0 Å². The number of fused-ring (bicyclic) bond motifs is 19. The predicted molar refractivity (Wildman–Crippen MR) is 297 cm³/mol. The van der Waals surface area contributed by atoms with Crippen LogP contribution in [-0.4, -0.2) is 9.55 Å². The van der Waals surface area contributed by atoms with Crippen LogP contribution >= 0.6 is 0 Å². The predicted octanol–water partition coefficient (Wildman–Crippen LogP) is 16.8. The van der Waals surface area contributed by atoms with Gasteiger partial charge in [-0.15, -0.1) is 0 Å². The first kappa shape index (κ1) is 41.6. The minimum atomic E-state index is -0.650. The summed E-state index contributed by atoms with van der Waals surface area (Å²) < 4.78 is 16.4. The van der Waals surface area contributed by atoms with Crippen LogP contribution in [0.2, 0.25) is 0 Å². The van der Waals surface area contributed by atoms with Crippen molar-refractivity contribution >= 4 is 11.0 Å². The Morgan fingerprint density at radius 2 is 0.813 bits per heavy atom. The van der Waals surface area contributed by atoms with Crippen LogP contribution in [0, 0.1) is 11.3 Å². The third-order valence-electron chi connectivity index (χ3n) is 16.4. The van der Waals surface area contributed by atoms with Gasteiger partial charge in [0.25, 0.3) is 0 Å². The van der Waals surface area contributed by atoms with Crippen molar-refractivity contribution in [3.05, 3.63) is 299 Å². The number of hydrogen-bond donors (Lipinski definition) is 0. The second-order valence-corrected chi connectivity index (χ2v) is 20.0. The highest BCUT2D eigenvalue weighted by Crippen LogP contribution is 2.65. The van der Waals surface area contributed by atoms with Gasteiger partial charge >= 0.3 is 0 Å². The van der Waals surface area contributed by atoms with Crippen molar-refractivity contribution < 1.29 is 9.47 Å². The number of para-hydroxylation sites is 5. The molecule has 0 amide bonds. The lowest BCUT2D eigenvalue weighted by atomic mass is 9.65. The van der Waals surface area contributed by atoms with E-state index in [0.717, 1.165) is 95.6 Å². The average molecular weight is 956 g/mol. The monoisotopic (exact) mass is 955 g/mol. The summed E-state index contributed by atoms with van der Waals surface area (Å²) >= 11 is 0. The van der Waals surface area contributed by atoms with E-state index in [4.69, 9.17) is 14.5 Å². The van der Waals surface area contributed by atoms with Crippen molar-refractivity contribution in [3.8, 4) is 90.7 Å². The standard InChI is InChI=1S/C70H41N3O2/c71-42-43-32-34-44(35-33-43)48-21-14-28-60-66(48)74-64-30-12-11-27-59(64)70(60)56-25-9-6-20-51(56)53-40-45(36-38-57(53)70)46-37-39-63-62(41-46)72-68(73(63)47-16-2-1-3-17-47)52-22-15-29-61-67(52)75-65-31-13-10-26-58(65)69(61)54-23-7-4-18-49(54)50-19-5-8-24-55(50)69/h1-41H. The quantitative estimate of drug-likeness (QED) is 0.176. The fourth-order valence-corrected chi connectivity index (χ4v) is 13.4.